The molecule has 0 aromatic heterocycles. The third kappa shape index (κ3) is 3.42. The van der Waals surface area contributed by atoms with Crippen molar-refractivity contribution in [3.05, 3.63) is 52.3 Å². The number of anilines is 1. The highest BCUT2D eigenvalue weighted by Gasteiger charge is 2.09. The number of hydrogen-bond donors (Lipinski definition) is 1. The van der Waals surface area contributed by atoms with Crippen molar-refractivity contribution in [2.75, 3.05) is 19.5 Å². The largest absolute Gasteiger partial charge is 0.493 e. The first kappa shape index (κ1) is 14.7. The highest BCUT2D eigenvalue weighted by molar-refractivity contribution is 9.10. The van der Waals surface area contributed by atoms with Gasteiger partial charge in [0.05, 0.1) is 14.2 Å². The minimum Gasteiger partial charge on any atom is -0.493 e. The quantitative estimate of drug-likeness (QED) is 0.884. The lowest BCUT2D eigenvalue weighted by Gasteiger charge is -2.13. The average molecular weight is 340 g/mol. The van der Waals surface area contributed by atoms with Crippen molar-refractivity contribution in [2.24, 2.45) is 0 Å². The molecule has 0 saturated heterocycles. The van der Waals surface area contributed by atoms with Gasteiger partial charge in [0, 0.05) is 16.7 Å². The zero-order chi connectivity index (χ0) is 14.5. The Bertz CT molecular complexity index is 604. The number of methoxy groups -OCH3 is 2. The molecule has 2 aromatic carbocycles. The van der Waals surface area contributed by atoms with Crippen molar-refractivity contribution in [2.45, 2.75) is 6.54 Å². The first-order valence-electron chi connectivity index (χ1n) is 6.04. The van der Waals surface area contributed by atoms with Crippen LogP contribution in [0.1, 0.15) is 5.56 Å². The molecule has 106 valence electrons. The maximum absolute atomic E-state index is 13.1. The van der Waals surface area contributed by atoms with Gasteiger partial charge in [0.15, 0.2) is 11.5 Å². The van der Waals surface area contributed by atoms with E-state index in [1.807, 2.05) is 18.2 Å². The van der Waals surface area contributed by atoms with Crippen LogP contribution in [0.15, 0.2) is 40.9 Å². The van der Waals surface area contributed by atoms with E-state index in [1.165, 1.54) is 12.1 Å². The van der Waals surface area contributed by atoms with Crippen LogP contribution in [0.3, 0.4) is 0 Å². The van der Waals surface area contributed by atoms with Gasteiger partial charge in [-0.05, 0) is 35.9 Å². The zero-order valence-electron chi connectivity index (χ0n) is 11.2. The Morgan fingerprint density at radius 3 is 2.45 bits per heavy atom. The molecule has 0 radical (unpaired) electrons. The van der Waals surface area contributed by atoms with E-state index in [4.69, 9.17) is 9.47 Å². The molecule has 20 heavy (non-hydrogen) atoms. The van der Waals surface area contributed by atoms with Crippen molar-refractivity contribution in [1.29, 1.82) is 0 Å². The van der Waals surface area contributed by atoms with Gasteiger partial charge in [-0.1, -0.05) is 22.0 Å². The summed E-state index contributed by atoms with van der Waals surface area (Å²) in [6.07, 6.45) is 0. The van der Waals surface area contributed by atoms with Crippen LogP contribution in [0, 0.1) is 5.82 Å². The molecule has 2 rings (SSSR count). The molecule has 3 nitrogen and oxygen atoms in total. The van der Waals surface area contributed by atoms with Gasteiger partial charge in [-0.3, -0.25) is 0 Å². The standard InChI is InChI=1S/C15H15BrFNO2/c1-19-14-6-10(13(16)8-15(14)20-2)9-18-12-5-3-4-11(17)7-12/h3-8,18H,9H2,1-2H3. The zero-order valence-corrected chi connectivity index (χ0v) is 12.8. The molecule has 0 heterocycles. The van der Waals surface area contributed by atoms with Gasteiger partial charge in [-0.25, -0.2) is 4.39 Å². The van der Waals surface area contributed by atoms with Crippen LogP contribution in [0.25, 0.3) is 0 Å². The number of ether oxygens (including phenoxy) is 2. The monoisotopic (exact) mass is 339 g/mol. The number of nitrogens with one attached hydrogen (secondary N) is 1. The van der Waals surface area contributed by atoms with E-state index in [0.29, 0.717) is 18.0 Å². The van der Waals surface area contributed by atoms with Crippen LogP contribution >= 0.6 is 15.9 Å². The van der Waals surface area contributed by atoms with E-state index in [0.717, 1.165) is 15.7 Å². The summed E-state index contributed by atoms with van der Waals surface area (Å²) in [6.45, 7) is 0.546. The molecule has 0 aliphatic carbocycles. The Balaban J connectivity index is 2.17. The third-order valence-electron chi connectivity index (χ3n) is 2.86. The fourth-order valence-electron chi connectivity index (χ4n) is 1.83. The fraction of sp³-hybridized carbons (Fsp3) is 0.200. The Labute approximate surface area is 125 Å². The summed E-state index contributed by atoms with van der Waals surface area (Å²) in [7, 11) is 3.19. The maximum atomic E-state index is 13.1. The molecule has 0 saturated carbocycles. The van der Waals surface area contributed by atoms with E-state index < -0.39 is 0 Å². The van der Waals surface area contributed by atoms with Crippen molar-refractivity contribution in [3.63, 3.8) is 0 Å². The lowest BCUT2D eigenvalue weighted by Crippen LogP contribution is -2.02. The number of rotatable bonds is 5. The number of benzene rings is 2. The van der Waals surface area contributed by atoms with Crippen LogP contribution < -0.4 is 14.8 Å². The van der Waals surface area contributed by atoms with E-state index in [-0.39, 0.29) is 5.82 Å². The van der Waals surface area contributed by atoms with Crippen molar-refractivity contribution in [1.82, 2.24) is 0 Å². The van der Waals surface area contributed by atoms with Crippen LogP contribution in [-0.4, -0.2) is 14.2 Å². The number of halogens is 2. The predicted molar refractivity (Wildman–Crippen MR) is 81.0 cm³/mol. The first-order chi connectivity index (χ1) is 9.63. The fourth-order valence-corrected chi connectivity index (χ4v) is 2.29. The second kappa shape index (κ2) is 6.61. The molecule has 0 aliphatic heterocycles. The maximum Gasteiger partial charge on any atom is 0.161 e. The van der Waals surface area contributed by atoms with Gasteiger partial charge in [-0.2, -0.15) is 0 Å². The second-order valence-electron chi connectivity index (χ2n) is 4.16. The topological polar surface area (TPSA) is 30.5 Å². The van der Waals surface area contributed by atoms with Crippen molar-refractivity contribution in [3.8, 4) is 11.5 Å². The van der Waals surface area contributed by atoms with Gasteiger partial charge in [0.1, 0.15) is 5.82 Å². The van der Waals surface area contributed by atoms with Crippen LogP contribution in [0.2, 0.25) is 0 Å². The second-order valence-corrected chi connectivity index (χ2v) is 5.02. The van der Waals surface area contributed by atoms with Crippen LogP contribution in [-0.2, 0) is 6.54 Å². The molecule has 0 bridgehead atoms. The summed E-state index contributed by atoms with van der Waals surface area (Å²) >= 11 is 3.49. The summed E-state index contributed by atoms with van der Waals surface area (Å²) in [6, 6.07) is 10.1. The molecule has 0 atom stereocenters. The molecular weight excluding hydrogens is 325 g/mol. The normalized spacial score (nSPS) is 10.2. The minimum atomic E-state index is -0.263. The number of hydrogen-bond acceptors (Lipinski definition) is 3. The van der Waals surface area contributed by atoms with Gasteiger partial charge in [0.2, 0.25) is 0 Å². The molecule has 0 fully saturated rings. The van der Waals surface area contributed by atoms with Crippen molar-refractivity contribution < 1.29 is 13.9 Å². The van der Waals surface area contributed by atoms with Gasteiger partial charge >= 0.3 is 0 Å². The van der Waals surface area contributed by atoms with Crippen molar-refractivity contribution >= 4 is 21.6 Å². The highest BCUT2D eigenvalue weighted by Crippen LogP contribution is 2.33. The van der Waals surface area contributed by atoms with E-state index in [1.54, 1.807) is 20.3 Å². The summed E-state index contributed by atoms with van der Waals surface area (Å²) in [5.74, 6) is 1.06. The Morgan fingerprint density at radius 2 is 1.80 bits per heavy atom. The smallest absolute Gasteiger partial charge is 0.161 e. The highest BCUT2D eigenvalue weighted by atomic mass is 79.9. The van der Waals surface area contributed by atoms with Crippen LogP contribution in [0.4, 0.5) is 10.1 Å². The molecule has 0 spiro atoms. The summed E-state index contributed by atoms with van der Waals surface area (Å²) in [5, 5.41) is 3.17. The molecule has 1 N–H and O–H groups in total. The van der Waals surface area contributed by atoms with E-state index in [2.05, 4.69) is 21.2 Å². The Morgan fingerprint density at radius 1 is 1.10 bits per heavy atom. The molecule has 0 unspecified atom stereocenters. The first-order valence-corrected chi connectivity index (χ1v) is 6.83. The molecule has 0 aliphatic rings. The molecule has 2 aromatic rings. The Kier molecular flexibility index (Phi) is 4.84. The minimum absolute atomic E-state index is 0.263. The van der Waals surface area contributed by atoms with Gasteiger partial charge in [0.25, 0.3) is 0 Å². The van der Waals surface area contributed by atoms with Gasteiger partial charge in [-0.15, -0.1) is 0 Å². The molecule has 5 heteroatoms. The third-order valence-corrected chi connectivity index (χ3v) is 3.60. The van der Waals surface area contributed by atoms with Crippen LogP contribution in [0.5, 0.6) is 11.5 Å². The summed E-state index contributed by atoms with van der Waals surface area (Å²) in [4.78, 5) is 0. The predicted octanol–water partition coefficient (Wildman–Crippen LogP) is 4.22. The molecular formula is C15H15BrFNO2. The summed E-state index contributed by atoms with van der Waals surface area (Å²) < 4.78 is 24.5. The average Bonchev–Trinajstić information content (AvgIpc) is 2.45. The summed E-state index contributed by atoms with van der Waals surface area (Å²) in [5.41, 5.74) is 1.72. The van der Waals surface area contributed by atoms with Gasteiger partial charge < -0.3 is 14.8 Å². The molecule has 0 amide bonds. The Hall–Kier alpha value is -1.75. The SMILES string of the molecule is COc1cc(Br)c(CNc2cccc(F)c2)cc1OC. The van der Waals surface area contributed by atoms with E-state index in [9.17, 15) is 4.39 Å². The lowest BCUT2D eigenvalue weighted by molar-refractivity contribution is 0.354. The lowest BCUT2D eigenvalue weighted by atomic mass is 10.2. The van der Waals surface area contributed by atoms with E-state index >= 15 is 0 Å².